The second-order valence-corrected chi connectivity index (χ2v) is 5.73. The van der Waals surface area contributed by atoms with Crippen LogP contribution in [0.4, 0.5) is 5.13 Å². The number of aryl methyl sites for hydroxylation is 1. The first-order valence-corrected chi connectivity index (χ1v) is 6.77. The lowest BCUT2D eigenvalue weighted by Gasteiger charge is -2.11. The number of hydrogen-bond donors (Lipinski definition) is 1. The topological polar surface area (TPSA) is 53.4 Å². The van der Waals surface area contributed by atoms with Crippen molar-refractivity contribution >= 4 is 32.6 Å². The highest BCUT2D eigenvalue weighted by Gasteiger charge is 2.31. The summed E-state index contributed by atoms with van der Waals surface area (Å²) in [4.78, 5) is 18.1. The third-order valence-corrected chi connectivity index (χ3v) is 4.27. The van der Waals surface area contributed by atoms with Gasteiger partial charge in [0.05, 0.1) is 10.2 Å². The molecule has 0 radical (unpaired) electrons. The van der Waals surface area contributed by atoms with Gasteiger partial charge in [-0.1, -0.05) is 17.4 Å². The standard InChI is InChI=1S/C13H14N2O2S/c1-8-2-3-10-11(4-8)18-13(14-10)15-6-9(7-16)5-12(15)17/h2-4,9,16H,5-7H2,1H3. The Morgan fingerprint density at radius 1 is 1.56 bits per heavy atom. The summed E-state index contributed by atoms with van der Waals surface area (Å²) in [6.45, 7) is 2.68. The number of benzene rings is 1. The lowest BCUT2D eigenvalue weighted by atomic mass is 10.1. The highest BCUT2D eigenvalue weighted by atomic mass is 32.1. The van der Waals surface area contributed by atoms with Crippen molar-refractivity contribution < 1.29 is 9.90 Å². The summed E-state index contributed by atoms with van der Waals surface area (Å²) in [5, 5.41) is 9.88. The molecule has 1 aromatic heterocycles. The van der Waals surface area contributed by atoms with Gasteiger partial charge >= 0.3 is 0 Å². The molecule has 94 valence electrons. The lowest BCUT2D eigenvalue weighted by Crippen LogP contribution is -2.24. The van der Waals surface area contributed by atoms with E-state index in [1.54, 1.807) is 4.90 Å². The number of amides is 1. The number of anilines is 1. The molecule has 0 spiro atoms. The minimum Gasteiger partial charge on any atom is -0.396 e. The van der Waals surface area contributed by atoms with Crippen LogP contribution in [0.25, 0.3) is 10.2 Å². The second kappa shape index (κ2) is 4.33. The van der Waals surface area contributed by atoms with Crippen LogP contribution in [-0.2, 0) is 4.79 Å². The minimum atomic E-state index is 0.0475. The van der Waals surface area contributed by atoms with E-state index in [1.807, 2.05) is 19.1 Å². The van der Waals surface area contributed by atoms with Crippen molar-refractivity contribution in [3.05, 3.63) is 23.8 Å². The number of hydrogen-bond acceptors (Lipinski definition) is 4. The van der Waals surface area contributed by atoms with Crippen molar-refractivity contribution in [2.45, 2.75) is 13.3 Å². The fourth-order valence-electron chi connectivity index (χ4n) is 2.22. The van der Waals surface area contributed by atoms with Gasteiger partial charge in [-0.3, -0.25) is 9.69 Å². The first kappa shape index (κ1) is 11.6. The number of aromatic nitrogens is 1. The Bertz CT molecular complexity index is 608. The molecule has 1 aliphatic heterocycles. The van der Waals surface area contributed by atoms with Crippen LogP contribution < -0.4 is 4.90 Å². The van der Waals surface area contributed by atoms with E-state index in [1.165, 1.54) is 16.9 Å². The maximum atomic E-state index is 11.9. The first-order valence-electron chi connectivity index (χ1n) is 5.96. The van der Waals surface area contributed by atoms with Gasteiger partial charge in [0.1, 0.15) is 0 Å². The zero-order valence-corrected chi connectivity index (χ0v) is 10.9. The maximum absolute atomic E-state index is 11.9. The molecule has 1 unspecified atom stereocenters. The zero-order valence-electron chi connectivity index (χ0n) is 10.1. The number of nitrogens with zero attached hydrogens (tertiary/aromatic N) is 2. The predicted octanol–water partition coefficient (Wildman–Crippen LogP) is 1.95. The quantitative estimate of drug-likeness (QED) is 0.900. The van der Waals surface area contributed by atoms with Crippen molar-refractivity contribution in [1.29, 1.82) is 0 Å². The van der Waals surface area contributed by atoms with E-state index in [0.29, 0.717) is 13.0 Å². The third kappa shape index (κ3) is 1.89. The van der Waals surface area contributed by atoms with Gasteiger partial charge in [-0.15, -0.1) is 0 Å². The Labute approximate surface area is 109 Å². The van der Waals surface area contributed by atoms with Crippen LogP contribution in [0.5, 0.6) is 0 Å². The van der Waals surface area contributed by atoms with Crippen molar-refractivity contribution in [2.75, 3.05) is 18.1 Å². The molecule has 5 heteroatoms. The van der Waals surface area contributed by atoms with Crippen LogP contribution in [0.1, 0.15) is 12.0 Å². The highest BCUT2D eigenvalue weighted by molar-refractivity contribution is 7.22. The molecule has 0 bridgehead atoms. The Balaban J connectivity index is 1.97. The van der Waals surface area contributed by atoms with Gasteiger partial charge in [0.25, 0.3) is 0 Å². The van der Waals surface area contributed by atoms with Crippen LogP contribution >= 0.6 is 11.3 Å². The molecule has 0 aliphatic carbocycles. The zero-order chi connectivity index (χ0) is 12.7. The second-order valence-electron chi connectivity index (χ2n) is 4.72. The first-order chi connectivity index (χ1) is 8.67. The molecule has 1 aliphatic rings. The summed E-state index contributed by atoms with van der Waals surface area (Å²) < 4.78 is 1.10. The van der Waals surface area contributed by atoms with Crippen molar-refractivity contribution in [1.82, 2.24) is 4.98 Å². The molecule has 2 aromatic rings. The summed E-state index contributed by atoms with van der Waals surface area (Å²) in [6, 6.07) is 6.09. The molecular weight excluding hydrogens is 248 g/mol. The van der Waals surface area contributed by atoms with Gasteiger partial charge in [0, 0.05) is 25.5 Å². The fraction of sp³-hybridized carbons (Fsp3) is 0.385. The summed E-state index contributed by atoms with van der Waals surface area (Å²) in [6.07, 6.45) is 0.422. The normalized spacial score (nSPS) is 20.0. The Morgan fingerprint density at radius 2 is 2.39 bits per heavy atom. The van der Waals surface area contributed by atoms with Gasteiger partial charge < -0.3 is 5.11 Å². The van der Waals surface area contributed by atoms with E-state index in [9.17, 15) is 4.79 Å². The summed E-state index contributed by atoms with van der Waals surface area (Å²) in [5.74, 6) is 0.107. The molecule has 2 heterocycles. The number of carbonyl (C=O) groups excluding carboxylic acids is 1. The number of rotatable bonds is 2. The maximum Gasteiger partial charge on any atom is 0.229 e. The Kier molecular flexibility index (Phi) is 2.80. The third-order valence-electron chi connectivity index (χ3n) is 3.23. The molecule has 1 N–H and O–H groups in total. The highest BCUT2D eigenvalue weighted by Crippen LogP contribution is 2.32. The van der Waals surface area contributed by atoms with Crippen LogP contribution in [0, 0.1) is 12.8 Å². The molecule has 0 saturated carbocycles. The molecule has 1 aromatic carbocycles. The van der Waals surface area contributed by atoms with E-state index in [0.717, 1.165) is 15.3 Å². The van der Waals surface area contributed by atoms with E-state index >= 15 is 0 Å². The van der Waals surface area contributed by atoms with Crippen LogP contribution in [0.15, 0.2) is 18.2 Å². The van der Waals surface area contributed by atoms with Crippen LogP contribution in [0.2, 0.25) is 0 Å². The number of aliphatic hydroxyl groups is 1. The average Bonchev–Trinajstić information content (AvgIpc) is 2.91. The number of thiazole rings is 1. The van der Waals surface area contributed by atoms with Crippen molar-refractivity contribution in [3.63, 3.8) is 0 Å². The molecule has 1 atom stereocenters. The summed E-state index contributed by atoms with van der Waals surface area (Å²) in [5.41, 5.74) is 2.12. The lowest BCUT2D eigenvalue weighted by molar-refractivity contribution is -0.117. The van der Waals surface area contributed by atoms with Crippen LogP contribution in [-0.4, -0.2) is 29.1 Å². The molecule has 3 rings (SSSR count). The van der Waals surface area contributed by atoms with E-state index in [2.05, 4.69) is 11.1 Å². The number of aliphatic hydroxyl groups excluding tert-OH is 1. The Hall–Kier alpha value is -1.46. The molecule has 1 saturated heterocycles. The molecule has 1 amide bonds. The molecule has 1 fully saturated rings. The summed E-state index contributed by atoms with van der Waals surface area (Å²) >= 11 is 1.54. The van der Waals surface area contributed by atoms with Crippen LogP contribution in [0.3, 0.4) is 0 Å². The largest absolute Gasteiger partial charge is 0.396 e. The smallest absolute Gasteiger partial charge is 0.229 e. The van der Waals surface area contributed by atoms with Gasteiger partial charge in [0.15, 0.2) is 5.13 Å². The average molecular weight is 262 g/mol. The summed E-state index contributed by atoms with van der Waals surface area (Å²) in [7, 11) is 0. The van der Waals surface area contributed by atoms with Gasteiger partial charge in [0.2, 0.25) is 5.91 Å². The van der Waals surface area contributed by atoms with Crippen molar-refractivity contribution in [2.24, 2.45) is 5.92 Å². The molecule has 4 nitrogen and oxygen atoms in total. The van der Waals surface area contributed by atoms with Crippen molar-refractivity contribution in [3.8, 4) is 0 Å². The minimum absolute atomic E-state index is 0.0475. The fourth-order valence-corrected chi connectivity index (χ4v) is 3.31. The molecular formula is C13H14N2O2S. The number of fused-ring (bicyclic) bond motifs is 1. The Morgan fingerprint density at radius 3 is 3.11 bits per heavy atom. The monoisotopic (exact) mass is 262 g/mol. The van der Waals surface area contributed by atoms with E-state index < -0.39 is 0 Å². The van der Waals surface area contributed by atoms with E-state index in [-0.39, 0.29) is 18.4 Å². The van der Waals surface area contributed by atoms with Gasteiger partial charge in [-0.25, -0.2) is 4.98 Å². The number of carbonyl (C=O) groups is 1. The predicted molar refractivity (Wildman–Crippen MR) is 71.9 cm³/mol. The van der Waals surface area contributed by atoms with E-state index in [4.69, 9.17) is 5.11 Å². The van der Waals surface area contributed by atoms with Gasteiger partial charge in [-0.05, 0) is 24.6 Å². The SMILES string of the molecule is Cc1ccc2nc(N3CC(CO)CC3=O)sc2c1. The van der Waals surface area contributed by atoms with Gasteiger partial charge in [-0.2, -0.15) is 0 Å². The molecule has 18 heavy (non-hydrogen) atoms.